The first-order valence-electron chi connectivity index (χ1n) is 9.71. The van der Waals surface area contributed by atoms with Crippen LogP contribution in [0.4, 0.5) is 10.1 Å². The van der Waals surface area contributed by atoms with Crippen LogP contribution in [0, 0.1) is 5.82 Å². The third kappa shape index (κ3) is 4.16. The SMILES string of the molecule is CCOC(=O)c1cccc(-c2ccc(/C=C3/C(=O)N(c4ccc(F)cc4)N=C3C)o2)c1. The Bertz CT molecular complexity index is 1210. The van der Waals surface area contributed by atoms with Crippen LogP contribution in [0.3, 0.4) is 0 Å². The summed E-state index contributed by atoms with van der Waals surface area (Å²) < 4.78 is 24.1. The minimum Gasteiger partial charge on any atom is -0.462 e. The number of hydrazone groups is 1. The summed E-state index contributed by atoms with van der Waals surface area (Å²) in [4.78, 5) is 24.8. The molecule has 0 fully saturated rings. The first-order valence-corrected chi connectivity index (χ1v) is 9.71. The van der Waals surface area contributed by atoms with E-state index in [4.69, 9.17) is 9.15 Å². The topological polar surface area (TPSA) is 72.1 Å². The standard InChI is InChI=1S/C24H19FN2O4/c1-3-30-24(29)17-6-4-5-16(13-17)22-12-11-20(31-22)14-21-15(2)26-27(23(21)28)19-9-7-18(25)8-10-19/h4-14H,3H2,1-2H3/b21-14+. The second kappa shape index (κ2) is 8.39. The lowest BCUT2D eigenvalue weighted by Crippen LogP contribution is -2.21. The van der Waals surface area contributed by atoms with Gasteiger partial charge >= 0.3 is 5.97 Å². The maximum absolute atomic E-state index is 13.2. The summed E-state index contributed by atoms with van der Waals surface area (Å²) in [5.74, 6) is -0.0975. The van der Waals surface area contributed by atoms with E-state index in [1.54, 1.807) is 50.3 Å². The number of amides is 1. The smallest absolute Gasteiger partial charge is 0.338 e. The van der Waals surface area contributed by atoms with Gasteiger partial charge in [-0.05, 0) is 68.5 Å². The van der Waals surface area contributed by atoms with Crippen LogP contribution in [-0.2, 0) is 9.53 Å². The quantitative estimate of drug-likeness (QED) is 0.428. The molecule has 0 radical (unpaired) electrons. The molecule has 4 rings (SSSR count). The third-order valence-electron chi connectivity index (χ3n) is 4.71. The van der Waals surface area contributed by atoms with Crippen molar-refractivity contribution in [2.45, 2.75) is 13.8 Å². The summed E-state index contributed by atoms with van der Waals surface area (Å²) in [7, 11) is 0. The number of ether oxygens (including phenoxy) is 1. The van der Waals surface area contributed by atoms with Crippen LogP contribution in [0.5, 0.6) is 0 Å². The Morgan fingerprint density at radius 1 is 1.16 bits per heavy atom. The fourth-order valence-electron chi connectivity index (χ4n) is 3.18. The van der Waals surface area contributed by atoms with Crippen molar-refractivity contribution in [1.82, 2.24) is 0 Å². The molecule has 1 aliphatic heterocycles. The van der Waals surface area contributed by atoms with Gasteiger partial charge in [-0.2, -0.15) is 10.1 Å². The van der Waals surface area contributed by atoms with Gasteiger partial charge in [0.15, 0.2) is 0 Å². The second-order valence-corrected chi connectivity index (χ2v) is 6.84. The Morgan fingerprint density at radius 3 is 2.68 bits per heavy atom. The summed E-state index contributed by atoms with van der Waals surface area (Å²) in [5.41, 5.74) is 2.53. The number of hydrogen-bond acceptors (Lipinski definition) is 5. The molecule has 1 aromatic heterocycles. The summed E-state index contributed by atoms with van der Waals surface area (Å²) in [6.45, 7) is 3.77. The van der Waals surface area contributed by atoms with E-state index >= 15 is 0 Å². The fraction of sp³-hybridized carbons (Fsp3) is 0.125. The van der Waals surface area contributed by atoms with Crippen molar-refractivity contribution in [2.24, 2.45) is 5.10 Å². The van der Waals surface area contributed by atoms with E-state index in [9.17, 15) is 14.0 Å². The fourth-order valence-corrected chi connectivity index (χ4v) is 3.18. The highest BCUT2D eigenvalue weighted by Crippen LogP contribution is 2.28. The molecule has 6 nitrogen and oxygen atoms in total. The zero-order valence-electron chi connectivity index (χ0n) is 17.0. The number of nitrogens with zero attached hydrogens (tertiary/aromatic N) is 2. The zero-order valence-corrected chi connectivity index (χ0v) is 17.0. The number of carbonyl (C=O) groups is 2. The van der Waals surface area contributed by atoms with E-state index < -0.39 is 5.97 Å². The number of carbonyl (C=O) groups excluding carboxylic acids is 2. The molecule has 156 valence electrons. The second-order valence-electron chi connectivity index (χ2n) is 6.84. The van der Waals surface area contributed by atoms with Gasteiger partial charge in [0.05, 0.1) is 29.1 Å². The molecule has 3 aromatic rings. The molecule has 1 aliphatic rings. The number of benzene rings is 2. The van der Waals surface area contributed by atoms with Gasteiger partial charge in [0.1, 0.15) is 17.3 Å². The Hall–Kier alpha value is -4.00. The molecule has 2 heterocycles. The Balaban J connectivity index is 1.58. The van der Waals surface area contributed by atoms with E-state index in [0.717, 1.165) is 0 Å². The molecule has 0 saturated heterocycles. The number of halogens is 1. The van der Waals surface area contributed by atoms with Crippen LogP contribution in [0.1, 0.15) is 30.0 Å². The zero-order chi connectivity index (χ0) is 22.0. The van der Waals surface area contributed by atoms with Crippen molar-refractivity contribution in [3.05, 3.63) is 83.4 Å². The molecule has 0 saturated carbocycles. The van der Waals surface area contributed by atoms with Crippen molar-refractivity contribution >= 4 is 29.4 Å². The van der Waals surface area contributed by atoms with Gasteiger partial charge in [-0.15, -0.1) is 0 Å². The average molecular weight is 418 g/mol. The van der Waals surface area contributed by atoms with Crippen LogP contribution in [-0.4, -0.2) is 24.2 Å². The number of esters is 1. The van der Waals surface area contributed by atoms with Gasteiger partial charge in [0.2, 0.25) is 0 Å². The van der Waals surface area contributed by atoms with Crippen molar-refractivity contribution in [3.8, 4) is 11.3 Å². The van der Waals surface area contributed by atoms with Crippen LogP contribution in [0.2, 0.25) is 0 Å². The van der Waals surface area contributed by atoms with Crippen molar-refractivity contribution in [3.63, 3.8) is 0 Å². The number of rotatable bonds is 5. The Morgan fingerprint density at radius 2 is 1.94 bits per heavy atom. The van der Waals surface area contributed by atoms with Gasteiger partial charge in [0.25, 0.3) is 5.91 Å². The number of furan rings is 1. The van der Waals surface area contributed by atoms with Crippen LogP contribution >= 0.6 is 0 Å². The summed E-state index contributed by atoms with van der Waals surface area (Å²) in [5, 5.41) is 5.51. The molecule has 0 N–H and O–H groups in total. The van der Waals surface area contributed by atoms with Crippen molar-refractivity contribution in [2.75, 3.05) is 11.6 Å². The van der Waals surface area contributed by atoms with Crippen LogP contribution in [0.25, 0.3) is 17.4 Å². The van der Waals surface area contributed by atoms with E-state index in [1.807, 2.05) is 6.07 Å². The lowest BCUT2D eigenvalue weighted by Gasteiger charge is -2.11. The van der Waals surface area contributed by atoms with Gasteiger partial charge in [-0.25, -0.2) is 9.18 Å². The van der Waals surface area contributed by atoms with Gasteiger partial charge in [-0.1, -0.05) is 12.1 Å². The van der Waals surface area contributed by atoms with Crippen molar-refractivity contribution in [1.29, 1.82) is 0 Å². The molecule has 7 heteroatoms. The van der Waals surface area contributed by atoms with Gasteiger partial charge in [0, 0.05) is 5.56 Å². The minimum absolute atomic E-state index is 0.297. The summed E-state index contributed by atoms with van der Waals surface area (Å²) in [6, 6.07) is 16.0. The van der Waals surface area contributed by atoms with Crippen molar-refractivity contribution < 1.29 is 23.1 Å². The average Bonchev–Trinajstić information content (AvgIpc) is 3.35. The Kier molecular flexibility index (Phi) is 5.49. The monoisotopic (exact) mass is 418 g/mol. The van der Waals surface area contributed by atoms with E-state index in [0.29, 0.717) is 46.2 Å². The predicted octanol–water partition coefficient (Wildman–Crippen LogP) is 5.07. The molecule has 0 spiro atoms. The summed E-state index contributed by atoms with van der Waals surface area (Å²) >= 11 is 0. The highest BCUT2D eigenvalue weighted by molar-refractivity contribution is 6.32. The molecule has 1 amide bonds. The van der Waals surface area contributed by atoms with E-state index in [1.165, 1.54) is 29.3 Å². The highest BCUT2D eigenvalue weighted by Gasteiger charge is 2.29. The van der Waals surface area contributed by atoms with Gasteiger partial charge in [-0.3, -0.25) is 4.79 Å². The molecule has 0 bridgehead atoms. The lowest BCUT2D eigenvalue weighted by molar-refractivity contribution is -0.114. The summed E-state index contributed by atoms with van der Waals surface area (Å²) in [6.07, 6.45) is 1.61. The molecule has 31 heavy (non-hydrogen) atoms. The predicted molar refractivity (Wildman–Crippen MR) is 115 cm³/mol. The lowest BCUT2D eigenvalue weighted by atomic mass is 10.1. The first-order chi connectivity index (χ1) is 15.0. The van der Waals surface area contributed by atoms with Crippen LogP contribution < -0.4 is 5.01 Å². The minimum atomic E-state index is -0.400. The van der Waals surface area contributed by atoms with E-state index in [-0.39, 0.29) is 11.7 Å². The maximum Gasteiger partial charge on any atom is 0.338 e. The van der Waals surface area contributed by atoms with Crippen LogP contribution in [0.15, 0.2) is 75.8 Å². The largest absolute Gasteiger partial charge is 0.462 e. The number of hydrogen-bond donors (Lipinski definition) is 0. The van der Waals surface area contributed by atoms with Gasteiger partial charge < -0.3 is 9.15 Å². The molecule has 0 aliphatic carbocycles. The first kappa shape index (κ1) is 20.3. The molecule has 0 atom stereocenters. The Labute approximate surface area is 178 Å². The third-order valence-corrected chi connectivity index (χ3v) is 4.71. The highest BCUT2D eigenvalue weighted by atomic mass is 19.1. The normalized spacial score (nSPS) is 14.8. The molecule has 2 aromatic carbocycles. The molecule has 0 unspecified atom stereocenters. The van der Waals surface area contributed by atoms with E-state index in [2.05, 4.69) is 5.10 Å². The maximum atomic E-state index is 13.2. The number of anilines is 1. The molecular weight excluding hydrogens is 399 g/mol. The molecular formula is C24H19FN2O4.